The molecule has 0 saturated carbocycles. The number of alkyl halides is 1. The van der Waals surface area contributed by atoms with Crippen molar-refractivity contribution < 1.29 is 29.0 Å². The van der Waals surface area contributed by atoms with Crippen molar-refractivity contribution in [1.29, 1.82) is 0 Å². The number of amides is 2. The molecule has 1 aromatic carbocycles. The van der Waals surface area contributed by atoms with Gasteiger partial charge < -0.3 is 24.4 Å². The standard InChI is InChI=1S/C29H37BrN2O6/c1-5-7-8-9-15-37-28(36)22-23-26(34)32(13-14-33)25(29(23)17-20(30)24(22)38-29)27(35)31(12-6-2)21-16-18(3)10-11-19(21)4/h5-6,10-11,16,20,22-25,33H,1-2,7-9,12-15,17H2,3-4H3/t20?,22-,23+,24-,25?,29?/m1/s1. The van der Waals surface area contributed by atoms with Crippen molar-refractivity contribution in [2.75, 3.05) is 31.2 Å². The molecule has 8 nitrogen and oxygen atoms in total. The summed E-state index contributed by atoms with van der Waals surface area (Å²) in [5, 5.41) is 9.84. The topological polar surface area (TPSA) is 96.4 Å². The number of allylic oxidation sites excluding steroid dienone is 1. The molecule has 2 bridgehead atoms. The first-order valence-corrected chi connectivity index (χ1v) is 14.1. The average molecular weight is 590 g/mol. The summed E-state index contributed by atoms with van der Waals surface area (Å²) in [5.74, 6) is -2.83. The van der Waals surface area contributed by atoms with E-state index < -0.39 is 35.6 Å². The highest BCUT2D eigenvalue weighted by atomic mass is 79.9. The molecule has 6 atom stereocenters. The van der Waals surface area contributed by atoms with E-state index in [9.17, 15) is 19.5 Å². The molecule has 1 N–H and O–H groups in total. The van der Waals surface area contributed by atoms with Gasteiger partial charge in [0.1, 0.15) is 11.6 Å². The molecule has 0 aliphatic carbocycles. The van der Waals surface area contributed by atoms with Crippen LogP contribution in [0.5, 0.6) is 0 Å². The number of rotatable bonds is 12. The molecule has 38 heavy (non-hydrogen) atoms. The quantitative estimate of drug-likeness (QED) is 0.174. The predicted molar refractivity (Wildman–Crippen MR) is 148 cm³/mol. The number of aliphatic hydroxyl groups excluding tert-OH is 1. The lowest BCUT2D eigenvalue weighted by Gasteiger charge is -2.37. The number of ether oxygens (including phenoxy) is 2. The number of hydrogen-bond donors (Lipinski definition) is 1. The Morgan fingerprint density at radius 2 is 2.05 bits per heavy atom. The van der Waals surface area contributed by atoms with Gasteiger partial charge in [-0.3, -0.25) is 14.4 Å². The lowest BCUT2D eigenvalue weighted by Crippen LogP contribution is -2.57. The Morgan fingerprint density at radius 1 is 1.29 bits per heavy atom. The van der Waals surface area contributed by atoms with Crippen molar-refractivity contribution in [3.05, 3.63) is 54.6 Å². The van der Waals surface area contributed by atoms with Gasteiger partial charge in [0, 0.05) is 23.6 Å². The number of aryl methyl sites for hydroxylation is 2. The first-order valence-electron chi connectivity index (χ1n) is 13.2. The number of unbranched alkanes of at least 4 members (excludes halogenated alkanes) is 2. The third-order valence-electron chi connectivity index (χ3n) is 7.92. The molecule has 1 spiro atoms. The molecule has 3 aliphatic heterocycles. The highest BCUT2D eigenvalue weighted by molar-refractivity contribution is 9.09. The zero-order chi connectivity index (χ0) is 27.6. The van der Waals surface area contributed by atoms with Crippen LogP contribution in [0.15, 0.2) is 43.5 Å². The maximum atomic E-state index is 14.4. The van der Waals surface area contributed by atoms with Gasteiger partial charge in [-0.25, -0.2) is 0 Å². The minimum Gasteiger partial charge on any atom is -0.465 e. The van der Waals surface area contributed by atoms with Gasteiger partial charge >= 0.3 is 5.97 Å². The number of esters is 1. The van der Waals surface area contributed by atoms with Crippen molar-refractivity contribution in [3.63, 3.8) is 0 Å². The van der Waals surface area contributed by atoms with Crippen LogP contribution >= 0.6 is 15.9 Å². The molecule has 0 radical (unpaired) electrons. The van der Waals surface area contributed by atoms with Crippen LogP contribution in [0.25, 0.3) is 0 Å². The summed E-state index contributed by atoms with van der Waals surface area (Å²) in [6.45, 7) is 11.6. The number of fused-ring (bicyclic) bond motifs is 1. The largest absolute Gasteiger partial charge is 0.465 e. The van der Waals surface area contributed by atoms with Crippen LogP contribution in [0.2, 0.25) is 0 Å². The minimum atomic E-state index is -1.20. The van der Waals surface area contributed by atoms with Crippen molar-refractivity contribution in [3.8, 4) is 0 Å². The van der Waals surface area contributed by atoms with Crippen LogP contribution in [0.4, 0.5) is 5.69 Å². The fraction of sp³-hybridized carbons (Fsp3) is 0.552. The van der Waals surface area contributed by atoms with Crippen LogP contribution < -0.4 is 4.90 Å². The number of nitrogens with zero attached hydrogens (tertiary/aromatic N) is 2. The molecule has 0 aromatic heterocycles. The lowest BCUT2D eigenvalue weighted by atomic mass is 9.70. The molecule has 3 unspecified atom stereocenters. The molecule has 9 heteroatoms. The molecule has 2 amide bonds. The molecule has 4 rings (SSSR count). The molecular weight excluding hydrogens is 552 g/mol. The maximum Gasteiger partial charge on any atom is 0.312 e. The molecular formula is C29H37BrN2O6. The maximum absolute atomic E-state index is 14.4. The lowest BCUT2D eigenvalue weighted by molar-refractivity contribution is -0.155. The molecule has 206 valence electrons. The summed E-state index contributed by atoms with van der Waals surface area (Å²) in [6.07, 6.45) is 5.67. The van der Waals surface area contributed by atoms with E-state index in [1.54, 1.807) is 11.0 Å². The summed E-state index contributed by atoms with van der Waals surface area (Å²) >= 11 is 3.66. The fourth-order valence-electron chi connectivity index (χ4n) is 6.28. The Bertz CT molecular complexity index is 1110. The van der Waals surface area contributed by atoms with E-state index in [2.05, 4.69) is 29.1 Å². The van der Waals surface area contributed by atoms with Gasteiger partial charge in [0.05, 0.1) is 31.2 Å². The van der Waals surface area contributed by atoms with Crippen LogP contribution in [0.1, 0.15) is 36.8 Å². The van der Waals surface area contributed by atoms with Gasteiger partial charge in [-0.05, 0) is 56.7 Å². The SMILES string of the molecule is C=CCCCCOC(=O)[C@H]1[C@@H]2OC3(CC2Br)C(C(=O)N(CC=C)c2cc(C)ccc2C)N(CCO)C(=O)[C@H]13. The number of carbonyl (C=O) groups excluding carboxylic acids is 3. The Balaban J connectivity index is 1.69. The van der Waals surface area contributed by atoms with Crippen LogP contribution in [-0.2, 0) is 23.9 Å². The van der Waals surface area contributed by atoms with E-state index in [1.807, 2.05) is 38.1 Å². The van der Waals surface area contributed by atoms with Gasteiger partial charge in [0.2, 0.25) is 5.91 Å². The smallest absolute Gasteiger partial charge is 0.312 e. The van der Waals surface area contributed by atoms with Crippen molar-refractivity contribution in [2.45, 2.75) is 62.1 Å². The number of β-amino-alcohol motifs (C(OH)–C–C–N with tert-alkyl or cyclic N) is 1. The van der Waals surface area contributed by atoms with E-state index in [-0.39, 0.29) is 42.9 Å². The molecule has 3 aliphatic rings. The summed E-state index contributed by atoms with van der Waals surface area (Å²) < 4.78 is 12.1. The van der Waals surface area contributed by atoms with Crippen LogP contribution in [0, 0.1) is 25.7 Å². The normalized spacial score (nSPS) is 29.3. The third kappa shape index (κ3) is 4.84. The zero-order valence-corrected chi connectivity index (χ0v) is 23.7. The van der Waals surface area contributed by atoms with E-state index in [0.717, 1.165) is 29.7 Å². The van der Waals surface area contributed by atoms with Crippen LogP contribution in [-0.4, -0.2) is 76.7 Å². The number of aliphatic hydroxyl groups is 1. The Kier molecular flexibility index (Phi) is 8.79. The fourth-order valence-corrected chi connectivity index (χ4v) is 7.22. The van der Waals surface area contributed by atoms with Gasteiger partial charge in [-0.1, -0.05) is 40.2 Å². The summed E-state index contributed by atoms with van der Waals surface area (Å²) in [4.78, 5) is 44.4. The number of benzene rings is 1. The number of anilines is 1. The monoisotopic (exact) mass is 588 g/mol. The van der Waals surface area contributed by atoms with E-state index >= 15 is 0 Å². The zero-order valence-electron chi connectivity index (χ0n) is 22.1. The molecule has 3 heterocycles. The van der Waals surface area contributed by atoms with E-state index in [0.29, 0.717) is 12.8 Å². The number of halogens is 1. The highest BCUT2D eigenvalue weighted by Crippen LogP contribution is 2.60. The Labute approximate surface area is 232 Å². The average Bonchev–Trinajstić information content (AvgIpc) is 3.47. The number of carbonyl (C=O) groups is 3. The van der Waals surface area contributed by atoms with Gasteiger partial charge in [0.15, 0.2) is 0 Å². The number of likely N-dealkylation sites (tertiary alicyclic amines) is 1. The van der Waals surface area contributed by atoms with Crippen molar-refractivity contribution >= 4 is 39.4 Å². The van der Waals surface area contributed by atoms with Crippen LogP contribution in [0.3, 0.4) is 0 Å². The Hall–Kier alpha value is -2.49. The molecule has 3 saturated heterocycles. The first kappa shape index (κ1) is 28.5. The third-order valence-corrected chi connectivity index (χ3v) is 8.76. The summed E-state index contributed by atoms with van der Waals surface area (Å²) in [7, 11) is 0. The summed E-state index contributed by atoms with van der Waals surface area (Å²) in [6, 6.07) is 4.87. The highest BCUT2D eigenvalue weighted by Gasteiger charge is 2.77. The number of hydrogen-bond acceptors (Lipinski definition) is 6. The summed E-state index contributed by atoms with van der Waals surface area (Å²) in [5.41, 5.74) is 1.43. The predicted octanol–water partition coefficient (Wildman–Crippen LogP) is 3.46. The van der Waals surface area contributed by atoms with E-state index in [4.69, 9.17) is 9.47 Å². The second kappa shape index (κ2) is 11.7. The van der Waals surface area contributed by atoms with Crippen molar-refractivity contribution in [2.24, 2.45) is 11.8 Å². The second-order valence-corrected chi connectivity index (χ2v) is 11.6. The van der Waals surface area contributed by atoms with E-state index in [1.165, 1.54) is 4.90 Å². The molecule has 1 aromatic rings. The first-order chi connectivity index (χ1) is 18.2. The Morgan fingerprint density at radius 3 is 2.74 bits per heavy atom. The van der Waals surface area contributed by atoms with Gasteiger partial charge in [0.25, 0.3) is 5.91 Å². The van der Waals surface area contributed by atoms with Gasteiger partial charge in [-0.15, -0.1) is 13.2 Å². The second-order valence-electron chi connectivity index (χ2n) is 10.4. The molecule has 3 fully saturated rings. The van der Waals surface area contributed by atoms with Gasteiger partial charge in [-0.2, -0.15) is 0 Å². The minimum absolute atomic E-state index is 0.0352. The van der Waals surface area contributed by atoms with Crippen molar-refractivity contribution in [1.82, 2.24) is 4.90 Å².